The van der Waals surface area contributed by atoms with Crippen LogP contribution in [0, 0.1) is 5.92 Å². The number of rotatable bonds is 4. The van der Waals surface area contributed by atoms with E-state index >= 15 is 0 Å². The molecule has 2 aliphatic carbocycles. The van der Waals surface area contributed by atoms with Crippen LogP contribution in [0.5, 0.6) is 0 Å². The molecule has 0 radical (unpaired) electrons. The first kappa shape index (κ1) is 11.5. The molecule has 2 saturated carbocycles. The zero-order valence-corrected chi connectivity index (χ0v) is 10.6. The molecule has 4 nitrogen and oxygen atoms in total. The molecule has 0 spiro atoms. The largest absolute Gasteiger partial charge is 0.468 e. The predicted molar refractivity (Wildman–Crippen MR) is 64.7 cm³/mol. The van der Waals surface area contributed by atoms with Gasteiger partial charge in [0, 0.05) is 32.2 Å². The van der Waals surface area contributed by atoms with Gasteiger partial charge in [-0.2, -0.15) is 0 Å². The van der Waals surface area contributed by atoms with Gasteiger partial charge in [0.15, 0.2) is 0 Å². The van der Waals surface area contributed by atoms with Gasteiger partial charge in [-0.25, -0.2) is 0 Å². The number of nitrogens with zero attached hydrogens (tertiary/aromatic N) is 2. The Hall–Kier alpha value is -0.610. The quantitative estimate of drug-likeness (QED) is 0.676. The number of methoxy groups -OCH3 is 1. The van der Waals surface area contributed by atoms with Crippen LogP contribution in [-0.2, 0) is 9.53 Å². The van der Waals surface area contributed by atoms with Crippen molar-refractivity contribution in [2.45, 2.75) is 37.8 Å². The fourth-order valence-corrected chi connectivity index (χ4v) is 2.99. The normalized spacial score (nSPS) is 29.0. The standard InChI is InChI=1S/C13H22N2O2/c1-17-13(16)12(10-2-3-10)15-8-6-14(7-9-15)11-4-5-11/h10-12H,2-9H2,1H3. The number of piperazine rings is 1. The molecule has 0 aromatic heterocycles. The minimum absolute atomic E-state index is 0.0210. The Labute approximate surface area is 103 Å². The maximum Gasteiger partial charge on any atom is 0.323 e. The topological polar surface area (TPSA) is 32.8 Å². The van der Waals surface area contributed by atoms with Crippen LogP contribution < -0.4 is 0 Å². The van der Waals surface area contributed by atoms with E-state index in [9.17, 15) is 4.79 Å². The number of carbonyl (C=O) groups is 1. The third kappa shape index (κ3) is 2.47. The van der Waals surface area contributed by atoms with Crippen molar-refractivity contribution in [2.75, 3.05) is 33.3 Å². The highest BCUT2D eigenvalue weighted by Gasteiger charge is 2.42. The fraction of sp³-hybridized carbons (Fsp3) is 0.923. The molecular formula is C13H22N2O2. The van der Waals surface area contributed by atoms with Crippen molar-refractivity contribution < 1.29 is 9.53 Å². The average Bonchev–Trinajstić information content (AvgIpc) is 3.22. The van der Waals surface area contributed by atoms with Crippen LogP contribution in [0.15, 0.2) is 0 Å². The van der Waals surface area contributed by atoms with E-state index in [1.165, 1.54) is 32.8 Å². The van der Waals surface area contributed by atoms with Crippen molar-refractivity contribution in [1.82, 2.24) is 9.80 Å². The monoisotopic (exact) mass is 238 g/mol. The second-order valence-electron chi connectivity index (χ2n) is 5.61. The van der Waals surface area contributed by atoms with Crippen molar-refractivity contribution in [3.05, 3.63) is 0 Å². The summed E-state index contributed by atoms with van der Waals surface area (Å²) in [4.78, 5) is 16.8. The van der Waals surface area contributed by atoms with Crippen LogP contribution in [0.4, 0.5) is 0 Å². The summed E-state index contributed by atoms with van der Waals surface area (Å²) >= 11 is 0. The van der Waals surface area contributed by atoms with Crippen molar-refractivity contribution in [2.24, 2.45) is 5.92 Å². The summed E-state index contributed by atoms with van der Waals surface area (Å²) in [6.45, 7) is 4.33. The minimum Gasteiger partial charge on any atom is -0.468 e. The van der Waals surface area contributed by atoms with E-state index in [2.05, 4.69) is 9.80 Å². The van der Waals surface area contributed by atoms with Gasteiger partial charge in [0.2, 0.25) is 0 Å². The van der Waals surface area contributed by atoms with Crippen LogP contribution in [0.3, 0.4) is 0 Å². The van der Waals surface area contributed by atoms with Crippen LogP contribution in [0.2, 0.25) is 0 Å². The maximum atomic E-state index is 11.8. The molecule has 0 aromatic rings. The molecule has 0 N–H and O–H groups in total. The van der Waals surface area contributed by atoms with Gasteiger partial charge >= 0.3 is 5.97 Å². The Morgan fingerprint density at radius 1 is 1.12 bits per heavy atom. The summed E-state index contributed by atoms with van der Waals surface area (Å²) in [5, 5.41) is 0. The smallest absolute Gasteiger partial charge is 0.323 e. The Bertz CT molecular complexity index is 292. The summed E-state index contributed by atoms with van der Waals surface area (Å²) < 4.78 is 4.96. The molecule has 0 bridgehead atoms. The molecule has 1 heterocycles. The Morgan fingerprint density at radius 2 is 1.76 bits per heavy atom. The second kappa shape index (κ2) is 4.58. The molecule has 17 heavy (non-hydrogen) atoms. The van der Waals surface area contributed by atoms with Gasteiger partial charge in [0.1, 0.15) is 6.04 Å². The van der Waals surface area contributed by atoms with E-state index in [-0.39, 0.29) is 12.0 Å². The first-order chi connectivity index (χ1) is 8.29. The summed E-state index contributed by atoms with van der Waals surface area (Å²) in [6, 6.07) is 0.899. The molecule has 3 rings (SSSR count). The van der Waals surface area contributed by atoms with E-state index in [0.717, 1.165) is 32.2 Å². The SMILES string of the molecule is COC(=O)C(C1CC1)N1CCN(C2CC2)CC1. The number of hydrogen-bond donors (Lipinski definition) is 0. The number of hydrogen-bond acceptors (Lipinski definition) is 4. The zero-order valence-electron chi connectivity index (χ0n) is 10.6. The highest BCUT2D eigenvalue weighted by Crippen LogP contribution is 2.37. The first-order valence-electron chi connectivity index (χ1n) is 6.85. The minimum atomic E-state index is -0.0210. The van der Waals surface area contributed by atoms with E-state index in [0.29, 0.717) is 5.92 Å². The van der Waals surface area contributed by atoms with Gasteiger partial charge in [-0.1, -0.05) is 0 Å². The summed E-state index contributed by atoms with van der Waals surface area (Å²) in [5.41, 5.74) is 0. The van der Waals surface area contributed by atoms with Crippen LogP contribution >= 0.6 is 0 Å². The third-order valence-corrected chi connectivity index (χ3v) is 4.32. The van der Waals surface area contributed by atoms with E-state index in [1.807, 2.05) is 0 Å². The molecule has 3 aliphatic rings. The lowest BCUT2D eigenvalue weighted by molar-refractivity contribution is -0.148. The highest BCUT2D eigenvalue weighted by molar-refractivity contribution is 5.76. The third-order valence-electron chi connectivity index (χ3n) is 4.32. The van der Waals surface area contributed by atoms with Gasteiger partial charge < -0.3 is 4.74 Å². The van der Waals surface area contributed by atoms with E-state index < -0.39 is 0 Å². The lowest BCUT2D eigenvalue weighted by Gasteiger charge is -2.38. The Balaban J connectivity index is 1.57. The van der Waals surface area contributed by atoms with Crippen LogP contribution in [0.25, 0.3) is 0 Å². The van der Waals surface area contributed by atoms with Crippen molar-refractivity contribution in [3.63, 3.8) is 0 Å². The Morgan fingerprint density at radius 3 is 2.24 bits per heavy atom. The van der Waals surface area contributed by atoms with Crippen molar-refractivity contribution in [1.29, 1.82) is 0 Å². The molecule has 1 atom stereocenters. The highest BCUT2D eigenvalue weighted by atomic mass is 16.5. The zero-order chi connectivity index (χ0) is 11.8. The molecule has 1 saturated heterocycles. The molecule has 96 valence electrons. The maximum absolute atomic E-state index is 11.8. The second-order valence-corrected chi connectivity index (χ2v) is 5.61. The molecule has 4 heteroatoms. The van der Waals surface area contributed by atoms with Gasteiger partial charge in [0.25, 0.3) is 0 Å². The van der Waals surface area contributed by atoms with Crippen molar-refractivity contribution >= 4 is 5.97 Å². The molecule has 3 fully saturated rings. The number of esters is 1. The van der Waals surface area contributed by atoms with Gasteiger partial charge in [0.05, 0.1) is 7.11 Å². The number of carbonyl (C=O) groups excluding carboxylic acids is 1. The summed E-state index contributed by atoms with van der Waals surface area (Å²) in [7, 11) is 1.51. The molecule has 0 aromatic carbocycles. The predicted octanol–water partition coefficient (Wildman–Crippen LogP) is 0.718. The van der Waals surface area contributed by atoms with Gasteiger partial charge in [-0.3, -0.25) is 14.6 Å². The van der Waals surface area contributed by atoms with E-state index in [4.69, 9.17) is 4.74 Å². The summed E-state index contributed by atoms with van der Waals surface area (Å²) in [5.74, 6) is 0.544. The number of ether oxygens (including phenoxy) is 1. The van der Waals surface area contributed by atoms with Crippen molar-refractivity contribution in [3.8, 4) is 0 Å². The lowest BCUT2D eigenvalue weighted by atomic mass is 10.1. The molecular weight excluding hydrogens is 216 g/mol. The Kier molecular flexibility index (Phi) is 3.09. The van der Waals surface area contributed by atoms with E-state index in [1.54, 1.807) is 0 Å². The average molecular weight is 238 g/mol. The van der Waals surface area contributed by atoms with Gasteiger partial charge in [-0.05, 0) is 31.6 Å². The first-order valence-corrected chi connectivity index (χ1v) is 6.85. The summed E-state index contributed by atoms with van der Waals surface area (Å²) in [6.07, 6.45) is 5.15. The lowest BCUT2D eigenvalue weighted by Crippen LogP contribution is -2.54. The van der Waals surface area contributed by atoms with Crippen LogP contribution in [-0.4, -0.2) is 61.1 Å². The fourth-order valence-electron chi connectivity index (χ4n) is 2.99. The molecule has 1 unspecified atom stereocenters. The molecule has 1 aliphatic heterocycles. The van der Waals surface area contributed by atoms with Crippen LogP contribution in [0.1, 0.15) is 25.7 Å². The molecule has 0 amide bonds. The van der Waals surface area contributed by atoms with Gasteiger partial charge in [-0.15, -0.1) is 0 Å².